The fourth-order valence-corrected chi connectivity index (χ4v) is 4.94. The van der Waals surface area contributed by atoms with E-state index in [4.69, 9.17) is 14.1 Å². The van der Waals surface area contributed by atoms with Crippen LogP contribution in [-0.4, -0.2) is 33.7 Å². The average Bonchev–Trinajstić information content (AvgIpc) is 3.37. The Kier molecular flexibility index (Phi) is 4.62. The predicted molar refractivity (Wildman–Crippen MR) is 140 cm³/mol. The van der Waals surface area contributed by atoms with E-state index in [0.29, 0.717) is 45.2 Å². The number of rotatable bonds is 3. The van der Waals surface area contributed by atoms with Crippen LogP contribution in [0.15, 0.2) is 94.4 Å². The third-order valence-electron chi connectivity index (χ3n) is 6.74. The van der Waals surface area contributed by atoms with Crippen molar-refractivity contribution in [3.63, 3.8) is 0 Å². The van der Waals surface area contributed by atoms with E-state index in [1.165, 1.54) is 0 Å². The number of anilines is 1. The van der Waals surface area contributed by atoms with Gasteiger partial charge in [0.15, 0.2) is 17.2 Å². The predicted octanol–water partition coefficient (Wildman–Crippen LogP) is 5.25. The number of benzene rings is 3. The first-order chi connectivity index (χ1) is 18.1. The molecule has 1 aliphatic heterocycles. The summed E-state index contributed by atoms with van der Waals surface area (Å²) in [5.74, 6) is 0.902. The molecule has 37 heavy (non-hydrogen) atoms. The van der Waals surface area contributed by atoms with Gasteiger partial charge < -0.3 is 14.1 Å². The monoisotopic (exact) mass is 487 g/mol. The lowest BCUT2D eigenvalue weighted by molar-refractivity contribution is 0.422. The van der Waals surface area contributed by atoms with Crippen molar-refractivity contribution in [2.24, 2.45) is 0 Å². The van der Waals surface area contributed by atoms with Crippen molar-refractivity contribution in [2.45, 2.75) is 5.92 Å². The summed E-state index contributed by atoms with van der Waals surface area (Å²) in [7, 11) is 3.98. The summed E-state index contributed by atoms with van der Waals surface area (Å²) in [6.07, 6.45) is 1.60. The highest BCUT2D eigenvalue weighted by molar-refractivity contribution is 5.87. The molecule has 1 unspecified atom stereocenters. The molecule has 0 radical (unpaired) electrons. The molecule has 0 spiro atoms. The first-order valence-electron chi connectivity index (χ1n) is 11.9. The molecule has 0 saturated carbocycles. The van der Waals surface area contributed by atoms with Gasteiger partial charge in [0.25, 0.3) is 0 Å². The summed E-state index contributed by atoms with van der Waals surface area (Å²) in [6, 6.07) is 25.2. The molecule has 7 rings (SSSR count). The first kappa shape index (κ1) is 21.3. The van der Waals surface area contributed by atoms with Crippen molar-refractivity contribution in [1.29, 1.82) is 0 Å². The summed E-state index contributed by atoms with van der Waals surface area (Å²) in [5, 5.41) is 5.38. The number of para-hydroxylation sites is 1. The number of ether oxygens (including phenoxy) is 1. The van der Waals surface area contributed by atoms with E-state index in [1.54, 1.807) is 16.9 Å². The van der Waals surface area contributed by atoms with Gasteiger partial charge in [0.2, 0.25) is 5.88 Å². The van der Waals surface area contributed by atoms with Crippen molar-refractivity contribution >= 4 is 22.3 Å². The van der Waals surface area contributed by atoms with E-state index < -0.39 is 11.5 Å². The maximum Gasteiger partial charge on any atom is 0.344 e. The van der Waals surface area contributed by atoms with Gasteiger partial charge in [-0.15, -0.1) is 5.10 Å². The Bertz CT molecular complexity index is 1860. The molecule has 8 heteroatoms. The van der Waals surface area contributed by atoms with Gasteiger partial charge >= 0.3 is 5.63 Å². The van der Waals surface area contributed by atoms with E-state index in [0.717, 1.165) is 16.8 Å². The second kappa shape index (κ2) is 8.03. The lowest BCUT2D eigenvalue weighted by Gasteiger charge is -2.27. The highest BCUT2D eigenvalue weighted by atomic mass is 16.5. The van der Waals surface area contributed by atoms with Crippen LogP contribution in [0.2, 0.25) is 0 Å². The van der Waals surface area contributed by atoms with Gasteiger partial charge in [0.1, 0.15) is 11.9 Å². The first-order valence-corrected chi connectivity index (χ1v) is 11.9. The fourth-order valence-electron chi connectivity index (χ4n) is 4.94. The highest BCUT2D eigenvalue weighted by Crippen LogP contribution is 2.48. The summed E-state index contributed by atoms with van der Waals surface area (Å²) in [5.41, 5.74) is 4.51. The molecule has 0 aliphatic carbocycles. The Balaban J connectivity index is 1.53. The van der Waals surface area contributed by atoms with Crippen LogP contribution < -0.4 is 15.3 Å². The molecule has 0 saturated heterocycles. The van der Waals surface area contributed by atoms with Crippen LogP contribution in [0.25, 0.3) is 28.0 Å². The van der Waals surface area contributed by atoms with Crippen molar-refractivity contribution < 1.29 is 9.15 Å². The Morgan fingerprint density at radius 1 is 0.892 bits per heavy atom. The van der Waals surface area contributed by atoms with Crippen LogP contribution in [0.1, 0.15) is 22.6 Å². The van der Waals surface area contributed by atoms with Crippen LogP contribution in [-0.2, 0) is 0 Å². The Morgan fingerprint density at radius 3 is 2.43 bits per heavy atom. The van der Waals surface area contributed by atoms with Crippen molar-refractivity contribution in [3.05, 3.63) is 112 Å². The zero-order chi connectivity index (χ0) is 25.1. The topological polar surface area (TPSA) is 85.8 Å². The second-order valence-corrected chi connectivity index (χ2v) is 9.18. The molecule has 0 bridgehead atoms. The van der Waals surface area contributed by atoms with E-state index in [2.05, 4.69) is 10.1 Å². The number of hydrogen-bond acceptors (Lipinski definition) is 7. The molecule has 3 aromatic carbocycles. The Hall–Kier alpha value is -4.98. The van der Waals surface area contributed by atoms with Crippen LogP contribution >= 0.6 is 0 Å². The van der Waals surface area contributed by atoms with Crippen LogP contribution in [0.4, 0.5) is 5.69 Å². The van der Waals surface area contributed by atoms with Crippen LogP contribution in [0.3, 0.4) is 0 Å². The van der Waals surface area contributed by atoms with E-state index in [-0.39, 0.29) is 0 Å². The number of hydrogen-bond donors (Lipinski definition) is 0. The van der Waals surface area contributed by atoms with Gasteiger partial charge in [-0.1, -0.05) is 54.6 Å². The average molecular weight is 488 g/mol. The minimum atomic E-state index is -0.514. The molecule has 6 aromatic rings. The fraction of sp³-hybridized carbons (Fsp3) is 0.103. The van der Waals surface area contributed by atoms with Crippen LogP contribution in [0.5, 0.6) is 11.6 Å². The molecular formula is C29H21N5O3. The van der Waals surface area contributed by atoms with Gasteiger partial charge in [-0.05, 0) is 29.8 Å². The maximum atomic E-state index is 13.5. The molecule has 3 aromatic heterocycles. The highest BCUT2D eigenvalue weighted by Gasteiger charge is 2.37. The number of fused-ring (bicyclic) bond motifs is 6. The molecule has 1 aliphatic rings. The normalized spacial score (nSPS) is 14.3. The molecule has 8 nitrogen and oxygen atoms in total. The SMILES string of the molecule is CN(C)c1ccc(C2c3c(c4ccccc4oc3=O)Oc3ncn4nc(-c5ccccc5)nc4c32)cc1. The number of aromatic nitrogens is 4. The summed E-state index contributed by atoms with van der Waals surface area (Å²) in [6.45, 7) is 0. The lowest BCUT2D eigenvalue weighted by atomic mass is 9.84. The summed E-state index contributed by atoms with van der Waals surface area (Å²) in [4.78, 5) is 25.0. The van der Waals surface area contributed by atoms with Crippen molar-refractivity contribution in [1.82, 2.24) is 19.6 Å². The number of nitrogens with zero attached hydrogens (tertiary/aromatic N) is 5. The van der Waals surface area contributed by atoms with Gasteiger partial charge in [-0.3, -0.25) is 0 Å². The Labute approximate surface area is 211 Å². The molecule has 0 amide bonds. The summed E-state index contributed by atoms with van der Waals surface area (Å²) < 4.78 is 13.8. The van der Waals surface area contributed by atoms with Gasteiger partial charge in [-0.25, -0.2) is 19.3 Å². The Morgan fingerprint density at radius 2 is 1.65 bits per heavy atom. The minimum absolute atomic E-state index is 0.393. The van der Waals surface area contributed by atoms with E-state index >= 15 is 0 Å². The van der Waals surface area contributed by atoms with E-state index in [9.17, 15) is 4.79 Å². The second-order valence-electron chi connectivity index (χ2n) is 9.18. The third-order valence-corrected chi connectivity index (χ3v) is 6.74. The molecule has 1 atom stereocenters. The van der Waals surface area contributed by atoms with Crippen molar-refractivity contribution in [2.75, 3.05) is 19.0 Å². The zero-order valence-corrected chi connectivity index (χ0v) is 20.1. The lowest BCUT2D eigenvalue weighted by Crippen LogP contribution is -2.22. The molecule has 180 valence electrons. The van der Waals surface area contributed by atoms with Gasteiger partial charge in [0, 0.05) is 25.3 Å². The molecule has 4 heterocycles. The maximum absolute atomic E-state index is 13.5. The van der Waals surface area contributed by atoms with Crippen LogP contribution in [0, 0.1) is 0 Å². The molecule has 0 fully saturated rings. The summed E-state index contributed by atoms with van der Waals surface area (Å²) >= 11 is 0. The molecular weight excluding hydrogens is 466 g/mol. The standard InChI is InChI=1S/C29H21N5O3/c1-33(2)19-14-12-17(13-15-19)22-23-25(20-10-6-7-11-21(20)36-29(23)35)37-28-24(22)27-31-26(32-34(27)16-30-28)18-8-4-3-5-9-18/h3-16,22H,1-2H3. The van der Waals surface area contributed by atoms with Crippen molar-refractivity contribution in [3.8, 4) is 23.0 Å². The minimum Gasteiger partial charge on any atom is -0.437 e. The molecule has 0 N–H and O–H groups in total. The smallest absolute Gasteiger partial charge is 0.344 e. The third kappa shape index (κ3) is 3.30. The quantitative estimate of drug-likeness (QED) is 0.315. The van der Waals surface area contributed by atoms with Gasteiger partial charge in [-0.2, -0.15) is 0 Å². The largest absolute Gasteiger partial charge is 0.437 e. The zero-order valence-electron chi connectivity index (χ0n) is 20.1. The van der Waals surface area contributed by atoms with E-state index in [1.807, 2.05) is 91.8 Å². The van der Waals surface area contributed by atoms with Gasteiger partial charge in [0.05, 0.1) is 22.4 Å².